The number of amides is 1. The molecule has 1 saturated heterocycles. The zero-order valence-corrected chi connectivity index (χ0v) is 20.0. The summed E-state index contributed by atoms with van der Waals surface area (Å²) in [6, 6.07) is 8.96. The lowest BCUT2D eigenvalue weighted by Crippen LogP contribution is -2.47. The van der Waals surface area contributed by atoms with E-state index in [4.69, 9.17) is 4.98 Å². The Morgan fingerprint density at radius 1 is 1.18 bits per heavy atom. The van der Waals surface area contributed by atoms with Crippen LogP contribution >= 0.6 is 0 Å². The highest BCUT2D eigenvalue weighted by Crippen LogP contribution is 2.51. The molecule has 1 aliphatic carbocycles. The highest BCUT2D eigenvalue weighted by atomic mass is 16.2. The second-order valence-corrected chi connectivity index (χ2v) is 10.2. The van der Waals surface area contributed by atoms with Crippen molar-refractivity contribution in [3.05, 3.63) is 65.2 Å². The molecule has 3 aromatic rings. The first-order valence-electron chi connectivity index (χ1n) is 12.1. The van der Waals surface area contributed by atoms with E-state index in [0.717, 1.165) is 37.3 Å². The van der Waals surface area contributed by atoms with Crippen LogP contribution in [-0.4, -0.2) is 61.6 Å². The number of hydrogen-bond donors (Lipinski definition) is 1. The predicted octanol–water partition coefficient (Wildman–Crippen LogP) is 3.20. The summed E-state index contributed by atoms with van der Waals surface area (Å²) in [6.45, 7) is 4.56. The van der Waals surface area contributed by atoms with Crippen molar-refractivity contribution < 1.29 is 4.79 Å². The molecule has 1 amide bonds. The molecule has 176 valence electrons. The molecule has 8 nitrogen and oxygen atoms in total. The van der Waals surface area contributed by atoms with Crippen molar-refractivity contribution in [3.8, 4) is 0 Å². The van der Waals surface area contributed by atoms with Crippen molar-refractivity contribution in [3.63, 3.8) is 0 Å². The first kappa shape index (κ1) is 21.3. The molecule has 0 bridgehead atoms. The van der Waals surface area contributed by atoms with Gasteiger partial charge in [0.1, 0.15) is 0 Å². The fourth-order valence-electron chi connectivity index (χ4n) is 5.78. The van der Waals surface area contributed by atoms with E-state index >= 15 is 0 Å². The molecule has 0 unspecified atom stereocenters. The van der Waals surface area contributed by atoms with Crippen LogP contribution in [0.25, 0.3) is 0 Å². The molecule has 34 heavy (non-hydrogen) atoms. The number of likely N-dealkylation sites (N-methyl/N-ethyl adjacent to an activating group) is 1. The van der Waals surface area contributed by atoms with Crippen LogP contribution in [0.2, 0.25) is 0 Å². The van der Waals surface area contributed by atoms with Crippen LogP contribution in [-0.2, 0) is 18.4 Å². The number of benzene rings is 1. The van der Waals surface area contributed by atoms with Crippen LogP contribution in [0.3, 0.4) is 0 Å². The van der Waals surface area contributed by atoms with Crippen LogP contribution in [0.15, 0.2) is 42.9 Å². The quantitative estimate of drug-likeness (QED) is 0.648. The predicted molar refractivity (Wildman–Crippen MR) is 130 cm³/mol. The number of aryl methyl sites for hydroxylation is 2. The number of piperidine rings is 1. The molecular formula is C26H31N7O. The van der Waals surface area contributed by atoms with Gasteiger partial charge in [-0.05, 0) is 44.5 Å². The molecule has 1 aromatic carbocycles. The normalized spacial score (nSPS) is 26.0. The van der Waals surface area contributed by atoms with E-state index < -0.39 is 0 Å². The van der Waals surface area contributed by atoms with Crippen LogP contribution in [0.4, 0.5) is 11.6 Å². The Morgan fingerprint density at radius 3 is 2.85 bits per heavy atom. The van der Waals surface area contributed by atoms with Gasteiger partial charge in [-0.3, -0.25) is 9.48 Å². The highest BCUT2D eigenvalue weighted by Gasteiger charge is 2.51. The Morgan fingerprint density at radius 2 is 2.06 bits per heavy atom. The van der Waals surface area contributed by atoms with E-state index in [2.05, 4.69) is 63.4 Å². The third-order valence-corrected chi connectivity index (χ3v) is 7.62. The minimum absolute atomic E-state index is 0.00984. The summed E-state index contributed by atoms with van der Waals surface area (Å²) in [5.41, 5.74) is 5.54. The SMILES string of the molecule is Cc1cccc([C@@H]2CN(C)CC[C@H]2C(=O)N2Cc3nc(Nc4cnn(C)c4)ncc3[C@@H]3C[C@@H]32)c1. The Kier molecular flexibility index (Phi) is 5.13. The van der Waals surface area contributed by atoms with Gasteiger partial charge < -0.3 is 15.1 Å². The number of carbonyl (C=O) groups is 1. The van der Waals surface area contributed by atoms with E-state index in [-0.39, 0.29) is 17.7 Å². The lowest BCUT2D eigenvalue weighted by Gasteiger charge is -2.40. The maximum atomic E-state index is 14.0. The Labute approximate surface area is 200 Å². The maximum Gasteiger partial charge on any atom is 0.227 e. The molecule has 0 radical (unpaired) electrons. The molecule has 3 aliphatic rings. The summed E-state index contributed by atoms with van der Waals surface area (Å²) in [4.78, 5) is 27.8. The maximum absolute atomic E-state index is 14.0. The van der Waals surface area contributed by atoms with Crippen molar-refractivity contribution in [2.75, 3.05) is 25.5 Å². The number of aromatic nitrogens is 4. The number of rotatable bonds is 4. The molecule has 1 N–H and O–H groups in total. The first-order valence-corrected chi connectivity index (χ1v) is 12.1. The lowest BCUT2D eigenvalue weighted by molar-refractivity contribution is -0.139. The Hall–Kier alpha value is -3.26. The fourth-order valence-corrected chi connectivity index (χ4v) is 5.78. The molecule has 4 atom stereocenters. The molecular weight excluding hydrogens is 426 g/mol. The number of nitrogens with zero attached hydrogens (tertiary/aromatic N) is 6. The van der Waals surface area contributed by atoms with Crippen LogP contribution in [0.1, 0.15) is 47.1 Å². The number of fused-ring (bicyclic) bond motifs is 3. The van der Waals surface area contributed by atoms with Gasteiger partial charge in [-0.1, -0.05) is 29.8 Å². The van der Waals surface area contributed by atoms with Crippen molar-refractivity contribution in [2.45, 2.75) is 44.2 Å². The number of anilines is 2. The number of nitrogens with one attached hydrogen (secondary N) is 1. The average molecular weight is 458 g/mol. The molecule has 2 aromatic heterocycles. The van der Waals surface area contributed by atoms with E-state index in [1.807, 2.05) is 19.4 Å². The summed E-state index contributed by atoms with van der Waals surface area (Å²) in [7, 11) is 4.04. The van der Waals surface area contributed by atoms with E-state index in [0.29, 0.717) is 24.5 Å². The third kappa shape index (κ3) is 3.86. The number of carbonyl (C=O) groups excluding carboxylic acids is 1. The van der Waals surface area contributed by atoms with Crippen LogP contribution in [0, 0.1) is 12.8 Å². The topological polar surface area (TPSA) is 79.2 Å². The lowest BCUT2D eigenvalue weighted by atomic mass is 9.79. The van der Waals surface area contributed by atoms with Crippen LogP contribution in [0.5, 0.6) is 0 Å². The smallest absolute Gasteiger partial charge is 0.227 e. The van der Waals surface area contributed by atoms with Gasteiger partial charge in [0.15, 0.2) is 0 Å². The van der Waals surface area contributed by atoms with Gasteiger partial charge >= 0.3 is 0 Å². The van der Waals surface area contributed by atoms with E-state index in [9.17, 15) is 4.79 Å². The van der Waals surface area contributed by atoms with Gasteiger partial charge in [-0.15, -0.1) is 0 Å². The summed E-state index contributed by atoms with van der Waals surface area (Å²) in [6.07, 6.45) is 7.49. The Bertz CT molecular complexity index is 1240. The monoisotopic (exact) mass is 457 g/mol. The minimum Gasteiger partial charge on any atom is -0.333 e. The fraction of sp³-hybridized carbons (Fsp3) is 0.462. The molecule has 0 spiro atoms. The van der Waals surface area contributed by atoms with Crippen LogP contribution < -0.4 is 5.32 Å². The average Bonchev–Trinajstić information content (AvgIpc) is 3.53. The highest BCUT2D eigenvalue weighted by molar-refractivity contribution is 5.81. The summed E-state index contributed by atoms with van der Waals surface area (Å²) in [5.74, 6) is 1.44. The van der Waals surface area contributed by atoms with Crippen molar-refractivity contribution in [1.29, 1.82) is 0 Å². The third-order valence-electron chi connectivity index (χ3n) is 7.62. The largest absolute Gasteiger partial charge is 0.333 e. The van der Waals surface area contributed by atoms with Crippen molar-refractivity contribution in [2.24, 2.45) is 13.0 Å². The van der Waals surface area contributed by atoms with Gasteiger partial charge in [0.2, 0.25) is 11.9 Å². The van der Waals surface area contributed by atoms with Gasteiger partial charge in [-0.2, -0.15) is 5.10 Å². The molecule has 2 fully saturated rings. The molecule has 1 saturated carbocycles. The Balaban J connectivity index is 1.25. The summed E-state index contributed by atoms with van der Waals surface area (Å²) < 4.78 is 1.74. The molecule has 2 aliphatic heterocycles. The number of hydrogen-bond acceptors (Lipinski definition) is 6. The zero-order valence-electron chi connectivity index (χ0n) is 20.0. The van der Waals surface area contributed by atoms with Gasteiger partial charge in [0.25, 0.3) is 0 Å². The van der Waals surface area contributed by atoms with Crippen molar-refractivity contribution in [1.82, 2.24) is 29.5 Å². The second-order valence-electron chi connectivity index (χ2n) is 10.2. The molecule has 8 heteroatoms. The second kappa shape index (κ2) is 8.20. The van der Waals surface area contributed by atoms with Gasteiger partial charge in [0.05, 0.1) is 24.1 Å². The molecule has 6 rings (SSSR count). The van der Waals surface area contributed by atoms with E-state index in [1.165, 1.54) is 16.7 Å². The summed E-state index contributed by atoms with van der Waals surface area (Å²) in [5, 5.41) is 7.43. The van der Waals surface area contributed by atoms with Gasteiger partial charge in [-0.25, -0.2) is 9.97 Å². The zero-order chi connectivity index (χ0) is 23.4. The number of likely N-dealkylation sites (tertiary alicyclic amines) is 1. The minimum atomic E-state index is 0.00984. The van der Waals surface area contributed by atoms with Gasteiger partial charge in [0, 0.05) is 49.8 Å². The standard InChI is InChI=1S/C26H31N7O/c1-16-5-4-6-17(9-16)22-14-31(2)8-7-19(22)25(34)33-15-23-21(20-10-24(20)33)12-27-26(30-23)29-18-11-28-32(3)13-18/h4-6,9,11-13,19-20,22,24H,7-8,10,14-15H2,1-3H3,(H,27,29,30)/t19-,20+,22+,24+/m1/s1. The molecule has 4 heterocycles. The summed E-state index contributed by atoms with van der Waals surface area (Å²) >= 11 is 0. The first-order chi connectivity index (χ1) is 16.5. The van der Waals surface area contributed by atoms with E-state index in [1.54, 1.807) is 10.9 Å². The van der Waals surface area contributed by atoms with Crippen molar-refractivity contribution >= 4 is 17.5 Å².